The minimum absolute atomic E-state index is 0.829. The minimum Gasteiger partial charge on any atom is -0.370 e. The Labute approximate surface area is 104 Å². The van der Waals surface area contributed by atoms with Crippen molar-refractivity contribution in [3.63, 3.8) is 0 Å². The van der Waals surface area contributed by atoms with E-state index in [1.54, 1.807) is 0 Å². The van der Waals surface area contributed by atoms with E-state index in [0.29, 0.717) is 0 Å². The molecule has 96 valence electrons. The van der Waals surface area contributed by atoms with E-state index in [9.17, 15) is 0 Å². The SMILES string of the molecule is CCCNc1cc(N(CC)CCC)nc(C)n1. The lowest BCUT2D eigenvalue weighted by Gasteiger charge is -2.22. The highest BCUT2D eigenvalue weighted by Crippen LogP contribution is 2.16. The zero-order valence-electron chi connectivity index (χ0n) is 11.5. The van der Waals surface area contributed by atoms with Crippen LogP contribution in [0.2, 0.25) is 0 Å². The van der Waals surface area contributed by atoms with Gasteiger partial charge in [-0.25, -0.2) is 9.97 Å². The summed E-state index contributed by atoms with van der Waals surface area (Å²) >= 11 is 0. The first kappa shape index (κ1) is 13.7. The molecule has 0 saturated heterocycles. The summed E-state index contributed by atoms with van der Waals surface area (Å²) in [6.07, 6.45) is 2.24. The lowest BCUT2D eigenvalue weighted by Crippen LogP contribution is -2.25. The van der Waals surface area contributed by atoms with Gasteiger partial charge in [-0.05, 0) is 26.7 Å². The summed E-state index contributed by atoms with van der Waals surface area (Å²) in [4.78, 5) is 11.2. The molecule has 1 aromatic heterocycles. The zero-order chi connectivity index (χ0) is 12.7. The second-order valence-corrected chi connectivity index (χ2v) is 4.17. The van der Waals surface area contributed by atoms with Crippen LogP contribution in [0.1, 0.15) is 39.4 Å². The summed E-state index contributed by atoms with van der Waals surface area (Å²) in [6.45, 7) is 11.4. The predicted octanol–water partition coefficient (Wildman–Crippen LogP) is 2.84. The second-order valence-electron chi connectivity index (χ2n) is 4.17. The Morgan fingerprint density at radius 2 is 1.94 bits per heavy atom. The van der Waals surface area contributed by atoms with Crippen molar-refractivity contribution in [3.05, 3.63) is 11.9 Å². The van der Waals surface area contributed by atoms with Crippen molar-refractivity contribution < 1.29 is 0 Å². The number of aromatic nitrogens is 2. The Bertz CT molecular complexity index is 338. The van der Waals surface area contributed by atoms with Crippen molar-refractivity contribution in [2.24, 2.45) is 0 Å². The Balaban J connectivity index is 2.86. The van der Waals surface area contributed by atoms with Crippen LogP contribution in [0, 0.1) is 6.92 Å². The summed E-state index contributed by atoms with van der Waals surface area (Å²) in [5.41, 5.74) is 0. The van der Waals surface area contributed by atoms with Gasteiger partial charge in [-0.3, -0.25) is 0 Å². The summed E-state index contributed by atoms with van der Waals surface area (Å²) in [6, 6.07) is 2.04. The monoisotopic (exact) mass is 236 g/mol. The van der Waals surface area contributed by atoms with E-state index >= 15 is 0 Å². The molecule has 1 aromatic rings. The van der Waals surface area contributed by atoms with Crippen LogP contribution in [-0.4, -0.2) is 29.6 Å². The van der Waals surface area contributed by atoms with Gasteiger partial charge in [-0.1, -0.05) is 13.8 Å². The first-order chi connectivity index (χ1) is 8.21. The number of nitrogens with one attached hydrogen (secondary N) is 1. The van der Waals surface area contributed by atoms with Crippen LogP contribution in [0.4, 0.5) is 11.6 Å². The van der Waals surface area contributed by atoms with Crippen LogP contribution >= 0.6 is 0 Å². The van der Waals surface area contributed by atoms with Gasteiger partial charge in [0, 0.05) is 25.7 Å². The van der Waals surface area contributed by atoms with Gasteiger partial charge in [0.25, 0.3) is 0 Å². The number of hydrogen-bond donors (Lipinski definition) is 1. The zero-order valence-corrected chi connectivity index (χ0v) is 11.5. The fourth-order valence-electron chi connectivity index (χ4n) is 1.76. The maximum absolute atomic E-state index is 4.51. The largest absolute Gasteiger partial charge is 0.370 e. The molecule has 0 bridgehead atoms. The fourth-order valence-corrected chi connectivity index (χ4v) is 1.76. The minimum atomic E-state index is 0.829. The molecule has 17 heavy (non-hydrogen) atoms. The van der Waals surface area contributed by atoms with Crippen LogP contribution in [0.3, 0.4) is 0 Å². The van der Waals surface area contributed by atoms with E-state index < -0.39 is 0 Å². The van der Waals surface area contributed by atoms with Gasteiger partial charge in [0.1, 0.15) is 17.5 Å². The molecule has 0 amide bonds. The Morgan fingerprint density at radius 1 is 1.18 bits per heavy atom. The van der Waals surface area contributed by atoms with Crippen LogP contribution in [0.25, 0.3) is 0 Å². The van der Waals surface area contributed by atoms with E-state index in [2.05, 4.69) is 41.0 Å². The first-order valence-corrected chi connectivity index (χ1v) is 6.55. The lowest BCUT2D eigenvalue weighted by molar-refractivity contribution is 0.772. The quantitative estimate of drug-likeness (QED) is 0.790. The normalized spacial score (nSPS) is 10.4. The predicted molar refractivity (Wildman–Crippen MR) is 73.7 cm³/mol. The van der Waals surface area contributed by atoms with Gasteiger partial charge in [-0.15, -0.1) is 0 Å². The van der Waals surface area contributed by atoms with Crippen LogP contribution in [0.15, 0.2) is 6.07 Å². The standard InChI is InChI=1S/C13H24N4/c1-5-8-14-12-10-13(16-11(4)15-12)17(7-3)9-6-2/h10H,5-9H2,1-4H3,(H,14,15,16). The highest BCUT2D eigenvalue weighted by Gasteiger charge is 2.07. The number of hydrogen-bond acceptors (Lipinski definition) is 4. The van der Waals surface area contributed by atoms with Crippen LogP contribution in [-0.2, 0) is 0 Å². The third kappa shape index (κ3) is 4.21. The Hall–Kier alpha value is -1.32. The molecule has 0 aliphatic carbocycles. The van der Waals surface area contributed by atoms with Crippen molar-refractivity contribution in [1.82, 2.24) is 9.97 Å². The third-order valence-electron chi connectivity index (χ3n) is 2.58. The molecular formula is C13H24N4. The van der Waals surface area contributed by atoms with Gasteiger partial charge in [-0.2, -0.15) is 0 Å². The van der Waals surface area contributed by atoms with Gasteiger partial charge >= 0.3 is 0 Å². The summed E-state index contributed by atoms with van der Waals surface area (Å²) in [7, 11) is 0. The summed E-state index contributed by atoms with van der Waals surface area (Å²) in [5, 5.41) is 3.32. The molecule has 0 saturated carbocycles. The molecule has 4 heteroatoms. The average Bonchev–Trinajstić information content (AvgIpc) is 2.32. The molecule has 1 heterocycles. The van der Waals surface area contributed by atoms with E-state index in [-0.39, 0.29) is 0 Å². The molecule has 0 radical (unpaired) electrons. The van der Waals surface area contributed by atoms with Gasteiger partial charge in [0.15, 0.2) is 0 Å². The molecular weight excluding hydrogens is 212 g/mol. The molecule has 1 rings (SSSR count). The number of anilines is 2. The van der Waals surface area contributed by atoms with Gasteiger partial charge in [0.2, 0.25) is 0 Å². The highest BCUT2D eigenvalue weighted by atomic mass is 15.2. The first-order valence-electron chi connectivity index (χ1n) is 6.55. The van der Waals surface area contributed by atoms with E-state index in [1.807, 2.05) is 13.0 Å². The molecule has 4 nitrogen and oxygen atoms in total. The smallest absolute Gasteiger partial charge is 0.134 e. The summed E-state index contributed by atoms with van der Waals surface area (Å²) in [5.74, 6) is 2.79. The molecule has 0 aliphatic heterocycles. The van der Waals surface area contributed by atoms with Crippen molar-refractivity contribution in [1.29, 1.82) is 0 Å². The van der Waals surface area contributed by atoms with Gasteiger partial charge < -0.3 is 10.2 Å². The third-order valence-corrected chi connectivity index (χ3v) is 2.58. The Morgan fingerprint density at radius 3 is 2.53 bits per heavy atom. The maximum atomic E-state index is 4.51. The molecule has 0 fully saturated rings. The summed E-state index contributed by atoms with van der Waals surface area (Å²) < 4.78 is 0. The van der Waals surface area contributed by atoms with E-state index in [4.69, 9.17) is 0 Å². The van der Waals surface area contributed by atoms with Gasteiger partial charge in [0.05, 0.1) is 0 Å². The molecule has 0 spiro atoms. The molecule has 0 unspecified atom stereocenters. The van der Waals surface area contributed by atoms with Crippen molar-refractivity contribution in [2.75, 3.05) is 29.9 Å². The fraction of sp³-hybridized carbons (Fsp3) is 0.692. The topological polar surface area (TPSA) is 41.0 Å². The number of nitrogens with zero attached hydrogens (tertiary/aromatic N) is 3. The van der Waals surface area contributed by atoms with Crippen molar-refractivity contribution in [3.8, 4) is 0 Å². The molecule has 0 atom stereocenters. The maximum Gasteiger partial charge on any atom is 0.134 e. The van der Waals surface area contributed by atoms with E-state index in [0.717, 1.165) is 49.9 Å². The van der Waals surface area contributed by atoms with E-state index in [1.165, 1.54) is 0 Å². The average molecular weight is 236 g/mol. The Kier molecular flexibility index (Phi) is 5.73. The van der Waals surface area contributed by atoms with Crippen LogP contribution < -0.4 is 10.2 Å². The van der Waals surface area contributed by atoms with Crippen molar-refractivity contribution >= 4 is 11.6 Å². The molecule has 1 N–H and O–H groups in total. The molecule has 0 aromatic carbocycles. The lowest BCUT2D eigenvalue weighted by atomic mass is 10.3. The highest BCUT2D eigenvalue weighted by molar-refractivity contribution is 5.49. The second kappa shape index (κ2) is 7.09. The molecule has 0 aliphatic rings. The number of aryl methyl sites for hydroxylation is 1. The van der Waals surface area contributed by atoms with Crippen molar-refractivity contribution in [2.45, 2.75) is 40.5 Å². The number of rotatable bonds is 7. The van der Waals surface area contributed by atoms with Crippen LogP contribution in [0.5, 0.6) is 0 Å².